The number of unbranched alkanes of at least 4 members (excludes halogenated alkanes) is 1. The lowest BCUT2D eigenvalue weighted by molar-refractivity contribution is -0.124. The molecule has 0 aromatic heterocycles. The molecule has 1 heterocycles. The van der Waals surface area contributed by atoms with Gasteiger partial charge in [-0.25, -0.2) is 0 Å². The molecule has 0 bridgehead atoms. The number of benzene rings is 1. The molecule has 1 aliphatic rings. The number of amides is 2. The molecule has 2 amide bonds. The Labute approximate surface area is 137 Å². The molecule has 6 nitrogen and oxygen atoms in total. The van der Waals surface area contributed by atoms with Gasteiger partial charge in [-0.15, -0.1) is 0 Å². The summed E-state index contributed by atoms with van der Waals surface area (Å²) in [4.78, 5) is 26.3. The Morgan fingerprint density at radius 3 is 2.83 bits per heavy atom. The fourth-order valence-electron chi connectivity index (χ4n) is 2.59. The molecule has 0 spiro atoms. The van der Waals surface area contributed by atoms with Crippen LogP contribution in [-0.4, -0.2) is 38.1 Å². The Bertz CT molecular complexity index is 574. The van der Waals surface area contributed by atoms with E-state index in [4.69, 9.17) is 4.74 Å². The van der Waals surface area contributed by atoms with Gasteiger partial charge < -0.3 is 15.4 Å². The number of hydrogen-bond acceptors (Lipinski definition) is 4. The first-order chi connectivity index (χ1) is 11.1. The maximum Gasteiger partial charge on any atom is 0.250 e. The Morgan fingerprint density at radius 1 is 1.39 bits per heavy atom. The van der Waals surface area contributed by atoms with Crippen molar-refractivity contribution in [2.75, 3.05) is 30.4 Å². The van der Waals surface area contributed by atoms with Crippen LogP contribution in [-0.2, 0) is 9.59 Å². The van der Waals surface area contributed by atoms with E-state index in [1.54, 1.807) is 18.1 Å². The highest BCUT2D eigenvalue weighted by atomic mass is 16.5. The number of methoxy groups -OCH3 is 1. The summed E-state index contributed by atoms with van der Waals surface area (Å²) in [6.07, 6.45) is 2.61. The lowest BCUT2D eigenvalue weighted by Crippen LogP contribution is -2.50. The number of hydrogen-bond donors (Lipinski definition) is 2. The van der Waals surface area contributed by atoms with Gasteiger partial charge in [0.05, 0.1) is 18.5 Å². The molecule has 1 atom stereocenters. The monoisotopic (exact) mass is 319 g/mol. The van der Waals surface area contributed by atoms with E-state index >= 15 is 0 Å². The molecular formula is C17H25N3O3. The lowest BCUT2D eigenvalue weighted by Gasteiger charge is -2.34. The van der Waals surface area contributed by atoms with Crippen molar-refractivity contribution < 1.29 is 14.3 Å². The third-order valence-corrected chi connectivity index (χ3v) is 3.95. The molecule has 0 saturated heterocycles. The standard InChI is InChI=1S/C17H25N3O3/c1-4-6-9-18-16(21)11-20-15-8-7-12(23-3)10-14(15)19-13(5-2)17(20)22/h7-8,10,13,19H,4-6,9,11H2,1-3H3,(H,18,21). The summed E-state index contributed by atoms with van der Waals surface area (Å²) >= 11 is 0. The largest absolute Gasteiger partial charge is 0.497 e. The van der Waals surface area contributed by atoms with Crippen molar-refractivity contribution in [2.24, 2.45) is 0 Å². The van der Waals surface area contributed by atoms with Gasteiger partial charge in [-0.05, 0) is 25.0 Å². The molecular weight excluding hydrogens is 294 g/mol. The molecule has 23 heavy (non-hydrogen) atoms. The lowest BCUT2D eigenvalue weighted by atomic mass is 10.1. The number of ether oxygens (including phenoxy) is 1. The van der Waals surface area contributed by atoms with Crippen LogP contribution in [0.5, 0.6) is 5.75 Å². The second kappa shape index (κ2) is 7.85. The SMILES string of the molecule is CCCCNC(=O)CN1C(=O)C(CC)Nc2cc(OC)ccc21. The molecule has 1 unspecified atom stereocenters. The highest BCUT2D eigenvalue weighted by Gasteiger charge is 2.32. The van der Waals surface area contributed by atoms with Crippen LogP contribution in [0.15, 0.2) is 18.2 Å². The fraction of sp³-hybridized carbons (Fsp3) is 0.529. The average Bonchev–Trinajstić information content (AvgIpc) is 2.56. The Balaban J connectivity index is 2.20. The number of fused-ring (bicyclic) bond motifs is 1. The molecule has 0 aliphatic carbocycles. The molecule has 2 rings (SSSR count). The smallest absolute Gasteiger partial charge is 0.250 e. The number of anilines is 2. The van der Waals surface area contributed by atoms with Crippen molar-refractivity contribution in [3.05, 3.63) is 18.2 Å². The summed E-state index contributed by atoms with van der Waals surface area (Å²) in [5.74, 6) is 0.508. The Morgan fingerprint density at radius 2 is 2.17 bits per heavy atom. The van der Waals surface area contributed by atoms with Gasteiger partial charge in [-0.3, -0.25) is 14.5 Å². The van der Waals surface area contributed by atoms with E-state index in [9.17, 15) is 9.59 Å². The minimum atomic E-state index is -0.321. The van der Waals surface area contributed by atoms with Crippen LogP contribution in [0.3, 0.4) is 0 Å². The quantitative estimate of drug-likeness (QED) is 0.756. The Kier molecular flexibility index (Phi) is 5.84. The average molecular weight is 319 g/mol. The second-order valence-corrected chi connectivity index (χ2v) is 5.62. The predicted octanol–water partition coefficient (Wildman–Crippen LogP) is 2.15. The second-order valence-electron chi connectivity index (χ2n) is 5.62. The van der Waals surface area contributed by atoms with Crippen molar-refractivity contribution in [2.45, 2.75) is 39.2 Å². The zero-order valence-corrected chi connectivity index (χ0v) is 14.0. The molecule has 1 aliphatic heterocycles. The first-order valence-electron chi connectivity index (χ1n) is 8.13. The topological polar surface area (TPSA) is 70.7 Å². The van der Waals surface area contributed by atoms with Crippen molar-refractivity contribution in [1.29, 1.82) is 0 Å². The van der Waals surface area contributed by atoms with Gasteiger partial charge in [0.1, 0.15) is 18.3 Å². The zero-order valence-electron chi connectivity index (χ0n) is 14.0. The number of carbonyl (C=O) groups excluding carboxylic acids is 2. The van der Waals surface area contributed by atoms with Gasteiger partial charge in [-0.1, -0.05) is 20.3 Å². The van der Waals surface area contributed by atoms with Gasteiger partial charge in [0.2, 0.25) is 11.8 Å². The van der Waals surface area contributed by atoms with Crippen LogP contribution in [0.25, 0.3) is 0 Å². The summed E-state index contributed by atoms with van der Waals surface area (Å²) in [5, 5.41) is 6.08. The van der Waals surface area contributed by atoms with Gasteiger partial charge in [-0.2, -0.15) is 0 Å². The highest BCUT2D eigenvalue weighted by molar-refractivity contribution is 6.08. The minimum Gasteiger partial charge on any atom is -0.497 e. The third-order valence-electron chi connectivity index (χ3n) is 3.95. The first kappa shape index (κ1) is 17.1. The summed E-state index contributed by atoms with van der Waals surface area (Å²) in [6.45, 7) is 4.70. The number of nitrogens with zero attached hydrogens (tertiary/aromatic N) is 1. The molecule has 0 fully saturated rings. The molecule has 6 heteroatoms. The van der Waals surface area contributed by atoms with Gasteiger partial charge in [0.15, 0.2) is 0 Å². The summed E-state index contributed by atoms with van der Waals surface area (Å²) in [7, 11) is 1.60. The first-order valence-corrected chi connectivity index (χ1v) is 8.13. The molecule has 2 N–H and O–H groups in total. The number of carbonyl (C=O) groups is 2. The predicted molar refractivity (Wildman–Crippen MR) is 91.0 cm³/mol. The summed E-state index contributed by atoms with van der Waals surface area (Å²) in [5.41, 5.74) is 1.53. The minimum absolute atomic E-state index is 0.0417. The molecule has 1 aromatic rings. The van der Waals surface area contributed by atoms with Crippen LogP contribution in [0.4, 0.5) is 11.4 Å². The maximum atomic E-state index is 12.6. The van der Waals surface area contributed by atoms with E-state index in [0.717, 1.165) is 18.5 Å². The van der Waals surface area contributed by atoms with Crippen LogP contribution < -0.4 is 20.3 Å². The van der Waals surface area contributed by atoms with Crippen LogP contribution in [0, 0.1) is 0 Å². The van der Waals surface area contributed by atoms with E-state index in [2.05, 4.69) is 17.6 Å². The summed E-state index contributed by atoms with van der Waals surface area (Å²) in [6, 6.07) is 5.14. The molecule has 0 radical (unpaired) electrons. The zero-order chi connectivity index (χ0) is 16.8. The van der Waals surface area contributed by atoms with Crippen LogP contribution in [0.1, 0.15) is 33.1 Å². The van der Waals surface area contributed by atoms with Gasteiger partial charge in [0.25, 0.3) is 0 Å². The third kappa shape index (κ3) is 3.94. The van der Waals surface area contributed by atoms with Gasteiger partial charge >= 0.3 is 0 Å². The molecule has 1 aromatic carbocycles. The van der Waals surface area contributed by atoms with E-state index in [1.165, 1.54) is 0 Å². The molecule has 0 saturated carbocycles. The van der Waals surface area contributed by atoms with Crippen molar-refractivity contribution in [1.82, 2.24) is 5.32 Å². The summed E-state index contributed by atoms with van der Waals surface area (Å²) < 4.78 is 5.24. The fourth-order valence-corrected chi connectivity index (χ4v) is 2.59. The molecule has 126 valence electrons. The highest BCUT2D eigenvalue weighted by Crippen LogP contribution is 2.35. The van der Waals surface area contributed by atoms with E-state index < -0.39 is 0 Å². The number of rotatable bonds is 7. The number of nitrogens with one attached hydrogen (secondary N) is 2. The van der Waals surface area contributed by atoms with Crippen molar-refractivity contribution in [3.8, 4) is 5.75 Å². The van der Waals surface area contributed by atoms with E-state index in [1.807, 2.05) is 19.1 Å². The van der Waals surface area contributed by atoms with Crippen LogP contribution in [0.2, 0.25) is 0 Å². The van der Waals surface area contributed by atoms with Crippen LogP contribution >= 0.6 is 0 Å². The van der Waals surface area contributed by atoms with Crippen molar-refractivity contribution in [3.63, 3.8) is 0 Å². The Hall–Kier alpha value is -2.24. The van der Waals surface area contributed by atoms with Gasteiger partial charge in [0, 0.05) is 12.6 Å². The normalized spacial score (nSPS) is 16.6. The maximum absolute atomic E-state index is 12.6. The van der Waals surface area contributed by atoms with E-state index in [-0.39, 0.29) is 24.4 Å². The van der Waals surface area contributed by atoms with Crippen molar-refractivity contribution >= 4 is 23.2 Å². The van der Waals surface area contributed by atoms with E-state index in [0.29, 0.717) is 24.4 Å².